The van der Waals surface area contributed by atoms with Crippen LogP contribution in [0.25, 0.3) is 0 Å². The van der Waals surface area contributed by atoms with E-state index in [9.17, 15) is 0 Å². The molecule has 0 bridgehead atoms. The lowest BCUT2D eigenvalue weighted by atomic mass is 10.0. The summed E-state index contributed by atoms with van der Waals surface area (Å²) in [5.74, 6) is 1.51. The van der Waals surface area contributed by atoms with E-state index < -0.39 is 0 Å². The summed E-state index contributed by atoms with van der Waals surface area (Å²) in [6.45, 7) is 7.56. The second-order valence-corrected chi connectivity index (χ2v) is 7.47. The zero-order chi connectivity index (χ0) is 12.6. The van der Waals surface area contributed by atoms with Crippen molar-refractivity contribution in [3.8, 4) is 0 Å². The lowest BCUT2D eigenvalue weighted by Gasteiger charge is -2.25. The Morgan fingerprint density at radius 2 is 2.12 bits per heavy atom. The molecule has 0 spiro atoms. The number of thiophene rings is 1. The van der Waals surface area contributed by atoms with E-state index in [1.807, 2.05) is 0 Å². The molecular weight excluding hydrogens is 320 g/mol. The smallest absolute Gasteiger partial charge is 0.107 e. The molecule has 5 heteroatoms. The Labute approximate surface area is 120 Å². The molecule has 2 N–H and O–H groups in total. The van der Waals surface area contributed by atoms with Crippen molar-refractivity contribution in [2.45, 2.75) is 19.9 Å². The Hall–Kier alpha value is 0.390. The molecule has 2 heterocycles. The zero-order valence-corrected chi connectivity index (χ0v) is 13.3. The molecule has 1 saturated heterocycles. The molecule has 0 aromatic carbocycles. The van der Waals surface area contributed by atoms with E-state index >= 15 is 0 Å². The maximum Gasteiger partial charge on any atom is 0.107 e. The van der Waals surface area contributed by atoms with Crippen molar-refractivity contribution < 1.29 is 0 Å². The van der Waals surface area contributed by atoms with E-state index in [1.165, 1.54) is 4.88 Å². The van der Waals surface area contributed by atoms with Gasteiger partial charge in [-0.2, -0.15) is 0 Å². The number of hydrogen-bond donors (Lipinski definition) is 1. The van der Waals surface area contributed by atoms with Crippen molar-refractivity contribution in [2.24, 2.45) is 17.6 Å². The largest absolute Gasteiger partial charge is 0.329 e. The summed E-state index contributed by atoms with van der Waals surface area (Å²) in [6, 6.07) is 2.43. The molecule has 0 aliphatic carbocycles. The van der Waals surface area contributed by atoms with Gasteiger partial charge in [0.05, 0.1) is 6.04 Å². The molecule has 3 atom stereocenters. The Morgan fingerprint density at radius 1 is 1.53 bits per heavy atom. The zero-order valence-electron chi connectivity index (χ0n) is 10.1. The highest BCUT2D eigenvalue weighted by atomic mass is 79.9. The van der Waals surface area contributed by atoms with Gasteiger partial charge >= 0.3 is 0 Å². The van der Waals surface area contributed by atoms with Crippen molar-refractivity contribution in [1.82, 2.24) is 4.90 Å². The van der Waals surface area contributed by atoms with Crippen molar-refractivity contribution in [3.05, 3.63) is 19.8 Å². The van der Waals surface area contributed by atoms with Crippen molar-refractivity contribution in [1.29, 1.82) is 0 Å². The molecule has 1 aliphatic rings. The summed E-state index contributed by atoms with van der Waals surface area (Å²) < 4.78 is 1.80. The number of halogens is 2. The van der Waals surface area contributed by atoms with Gasteiger partial charge in [0.1, 0.15) is 4.34 Å². The molecule has 0 radical (unpaired) electrons. The second kappa shape index (κ2) is 5.57. The number of nitrogens with zero attached hydrogens (tertiary/aromatic N) is 1. The lowest BCUT2D eigenvalue weighted by molar-refractivity contribution is 0.243. The highest BCUT2D eigenvalue weighted by molar-refractivity contribution is 9.10. The van der Waals surface area contributed by atoms with E-state index in [0.29, 0.717) is 12.6 Å². The third kappa shape index (κ3) is 2.87. The maximum absolute atomic E-state index is 6.11. The van der Waals surface area contributed by atoms with E-state index in [4.69, 9.17) is 17.3 Å². The summed E-state index contributed by atoms with van der Waals surface area (Å²) in [7, 11) is 0. The number of hydrogen-bond acceptors (Lipinski definition) is 3. The van der Waals surface area contributed by atoms with Gasteiger partial charge in [0.25, 0.3) is 0 Å². The van der Waals surface area contributed by atoms with Gasteiger partial charge < -0.3 is 5.73 Å². The van der Waals surface area contributed by atoms with E-state index in [2.05, 4.69) is 40.7 Å². The van der Waals surface area contributed by atoms with Gasteiger partial charge in [-0.1, -0.05) is 25.4 Å². The first-order valence-electron chi connectivity index (χ1n) is 5.91. The van der Waals surface area contributed by atoms with Gasteiger partial charge in [0.2, 0.25) is 0 Å². The standard InChI is InChI=1S/C12H18BrClN2S/c1-7-5-16(6-8(7)2)10(4-15)11-3-9(13)12(14)17-11/h3,7-8,10H,4-6,15H2,1-2H3. The van der Waals surface area contributed by atoms with Crippen LogP contribution in [0.15, 0.2) is 10.5 Å². The molecule has 0 amide bonds. The molecule has 96 valence electrons. The quantitative estimate of drug-likeness (QED) is 0.910. The van der Waals surface area contributed by atoms with Gasteiger partial charge in [-0.15, -0.1) is 11.3 Å². The normalized spacial score (nSPS) is 27.6. The molecule has 1 fully saturated rings. The first kappa shape index (κ1) is 13.8. The maximum atomic E-state index is 6.11. The summed E-state index contributed by atoms with van der Waals surface area (Å²) >= 11 is 11.2. The average molecular weight is 338 g/mol. The minimum Gasteiger partial charge on any atom is -0.329 e. The average Bonchev–Trinajstić information content (AvgIpc) is 2.75. The third-order valence-corrected chi connectivity index (χ3v) is 6.25. The Balaban J connectivity index is 2.17. The molecule has 1 aromatic heterocycles. The fraction of sp³-hybridized carbons (Fsp3) is 0.667. The van der Waals surface area contributed by atoms with E-state index in [0.717, 1.165) is 33.7 Å². The van der Waals surface area contributed by atoms with Gasteiger partial charge in [-0.3, -0.25) is 4.90 Å². The van der Waals surface area contributed by atoms with Crippen molar-refractivity contribution >= 4 is 38.9 Å². The molecule has 1 aliphatic heterocycles. The lowest BCUT2D eigenvalue weighted by Crippen LogP contribution is -2.31. The molecule has 2 rings (SSSR count). The monoisotopic (exact) mass is 336 g/mol. The molecule has 2 nitrogen and oxygen atoms in total. The summed E-state index contributed by atoms with van der Waals surface area (Å²) in [5.41, 5.74) is 5.94. The predicted octanol–water partition coefficient (Wildman–Crippen LogP) is 3.75. The number of likely N-dealkylation sites (tertiary alicyclic amines) is 1. The summed E-state index contributed by atoms with van der Waals surface area (Å²) in [5, 5.41) is 0. The SMILES string of the molecule is CC1CN(C(CN)c2cc(Br)c(Cl)s2)CC1C. The second-order valence-electron chi connectivity index (χ2n) is 4.93. The van der Waals surface area contributed by atoms with Crippen LogP contribution in [0, 0.1) is 11.8 Å². The minimum absolute atomic E-state index is 0.316. The van der Waals surface area contributed by atoms with E-state index in [-0.39, 0.29) is 0 Å². The van der Waals surface area contributed by atoms with E-state index in [1.54, 1.807) is 11.3 Å². The first-order chi connectivity index (χ1) is 8.02. The van der Waals surface area contributed by atoms with Gasteiger partial charge in [-0.25, -0.2) is 0 Å². The molecule has 0 saturated carbocycles. The van der Waals surface area contributed by atoms with Crippen LogP contribution in [0.2, 0.25) is 4.34 Å². The number of nitrogens with two attached hydrogens (primary N) is 1. The van der Waals surface area contributed by atoms with Crippen molar-refractivity contribution in [3.63, 3.8) is 0 Å². The van der Waals surface area contributed by atoms with Gasteiger partial charge in [0.15, 0.2) is 0 Å². The molecule has 17 heavy (non-hydrogen) atoms. The molecule has 3 unspecified atom stereocenters. The van der Waals surface area contributed by atoms with Gasteiger partial charge in [0, 0.05) is 29.0 Å². The van der Waals surface area contributed by atoms with Crippen LogP contribution in [-0.4, -0.2) is 24.5 Å². The van der Waals surface area contributed by atoms with Crippen molar-refractivity contribution in [2.75, 3.05) is 19.6 Å². The minimum atomic E-state index is 0.316. The highest BCUT2D eigenvalue weighted by Crippen LogP contribution is 2.38. The van der Waals surface area contributed by atoms with Crippen LogP contribution in [-0.2, 0) is 0 Å². The Kier molecular flexibility index (Phi) is 4.53. The van der Waals surface area contributed by atoms with Crippen LogP contribution in [0.3, 0.4) is 0 Å². The predicted molar refractivity (Wildman–Crippen MR) is 78.7 cm³/mol. The van der Waals surface area contributed by atoms with Crippen LogP contribution < -0.4 is 5.73 Å². The molecule has 1 aromatic rings. The van der Waals surface area contributed by atoms with Crippen LogP contribution in [0.4, 0.5) is 0 Å². The first-order valence-corrected chi connectivity index (χ1v) is 7.90. The topological polar surface area (TPSA) is 29.3 Å². The summed E-state index contributed by atoms with van der Waals surface area (Å²) in [4.78, 5) is 3.76. The fourth-order valence-electron chi connectivity index (χ4n) is 2.40. The number of rotatable bonds is 3. The summed E-state index contributed by atoms with van der Waals surface area (Å²) in [6.07, 6.45) is 0. The van der Waals surface area contributed by atoms with Gasteiger partial charge in [-0.05, 0) is 33.8 Å². The van der Waals surface area contributed by atoms with Crippen LogP contribution >= 0.6 is 38.9 Å². The third-order valence-electron chi connectivity index (χ3n) is 3.67. The molecular formula is C12H18BrClN2S. The van der Waals surface area contributed by atoms with Crippen LogP contribution in [0.5, 0.6) is 0 Å². The Bertz CT molecular complexity index is 366. The highest BCUT2D eigenvalue weighted by Gasteiger charge is 2.32. The Morgan fingerprint density at radius 3 is 2.53 bits per heavy atom. The van der Waals surface area contributed by atoms with Crippen LogP contribution in [0.1, 0.15) is 24.8 Å². The fourth-order valence-corrected chi connectivity index (χ4v) is 4.29.